The van der Waals surface area contributed by atoms with Crippen molar-refractivity contribution in [1.82, 2.24) is 9.97 Å². The van der Waals surface area contributed by atoms with E-state index >= 15 is 0 Å². The lowest BCUT2D eigenvalue weighted by Crippen LogP contribution is -2.31. The minimum absolute atomic E-state index is 0.146. The van der Waals surface area contributed by atoms with Crippen LogP contribution in [0.2, 0.25) is 0 Å². The van der Waals surface area contributed by atoms with Crippen LogP contribution in [-0.2, 0) is 4.74 Å². The van der Waals surface area contributed by atoms with Crippen molar-refractivity contribution >= 4 is 21.7 Å². The highest BCUT2D eigenvalue weighted by Gasteiger charge is 2.23. The number of nitrogens with zero attached hydrogens (tertiary/aromatic N) is 1. The van der Waals surface area contributed by atoms with E-state index in [-0.39, 0.29) is 17.7 Å². The quantitative estimate of drug-likeness (QED) is 0.884. The predicted molar refractivity (Wildman–Crippen MR) is 64.6 cm³/mol. The minimum Gasteiger partial charge on any atom is -0.376 e. The van der Waals surface area contributed by atoms with Gasteiger partial charge < -0.3 is 15.0 Å². The zero-order chi connectivity index (χ0) is 11.5. The highest BCUT2D eigenvalue weighted by atomic mass is 79.9. The average molecular weight is 288 g/mol. The monoisotopic (exact) mass is 287 g/mol. The molecule has 0 spiro atoms. The van der Waals surface area contributed by atoms with Crippen LogP contribution in [-0.4, -0.2) is 28.7 Å². The van der Waals surface area contributed by atoms with Crippen molar-refractivity contribution in [3.8, 4) is 0 Å². The SMILES string of the molecule is CC(Nc1nc[nH]c(=O)c1Br)C1CCCO1. The summed E-state index contributed by atoms with van der Waals surface area (Å²) in [5.41, 5.74) is -0.183. The number of ether oxygens (including phenoxy) is 1. The third kappa shape index (κ3) is 2.44. The van der Waals surface area contributed by atoms with Crippen molar-refractivity contribution in [3.05, 3.63) is 21.2 Å². The van der Waals surface area contributed by atoms with Crippen LogP contribution in [0.5, 0.6) is 0 Å². The van der Waals surface area contributed by atoms with Crippen LogP contribution in [0, 0.1) is 0 Å². The molecule has 0 aliphatic carbocycles. The van der Waals surface area contributed by atoms with Gasteiger partial charge in [0.05, 0.1) is 18.5 Å². The predicted octanol–water partition coefficient (Wildman–Crippen LogP) is 1.51. The molecule has 0 amide bonds. The summed E-state index contributed by atoms with van der Waals surface area (Å²) >= 11 is 3.21. The van der Waals surface area contributed by atoms with E-state index in [2.05, 4.69) is 31.2 Å². The maximum atomic E-state index is 11.3. The third-order valence-corrected chi connectivity index (χ3v) is 3.42. The van der Waals surface area contributed by atoms with Crippen LogP contribution in [0.25, 0.3) is 0 Å². The number of halogens is 1. The Balaban J connectivity index is 2.08. The van der Waals surface area contributed by atoms with Gasteiger partial charge in [0.1, 0.15) is 10.3 Å². The summed E-state index contributed by atoms with van der Waals surface area (Å²) in [5, 5.41) is 3.19. The Bertz CT molecular complexity index is 415. The molecule has 0 bridgehead atoms. The lowest BCUT2D eigenvalue weighted by Gasteiger charge is -2.20. The highest BCUT2D eigenvalue weighted by molar-refractivity contribution is 9.10. The number of aromatic amines is 1. The minimum atomic E-state index is -0.183. The molecule has 2 unspecified atom stereocenters. The number of hydrogen-bond acceptors (Lipinski definition) is 4. The molecule has 1 aliphatic heterocycles. The van der Waals surface area contributed by atoms with Crippen molar-refractivity contribution in [2.24, 2.45) is 0 Å². The van der Waals surface area contributed by atoms with Crippen molar-refractivity contribution in [2.75, 3.05) is 11.9 Å². The van der Waals surface area contributed by atoms with Crippen LogP contribution in [0.3, 0.4) is 0 Å². The molecule has 1 fully saturated rings. The maximum absolute atomic E-state index is 11.3. The second-order valence-electron chi connectivity index (χ2n) is 3.88. The van der Waals surface area contributed by atoms with Crippen molar-refractivity contribution in [3.63, 3.8) is 0 Å². The molecule has 1 aromatic heterocycles. The smallest absolute Gasteiger partial charge is 0.267 e. The van der Waals surface area contributed by atoms with Crippen LogP contribution in [0.4, 0.5) is 5.82 Å². The molecule has 1 aromatic rings. The van der Waals surface area contributed by atoms with E-state index in [9.17, 15) is 4.79 Å². The van der Waals surface area contributed by atoms with Gasteiger partial charge in [-0.2, -0.15) is 0 Å². The Labute approximate surface area is 102 Å². The van der Waals surface area contributed by atoms with E-state index in [1.807, 2.05) is 6.92 Å². The van der Waals surface area contributed by atoms with Crippen LogP contribution < -0.4 is 10.9 Å². The molecule has 0 aromatic carbocycles. The van der Waals surface area contributed by atoms with E-state index < -0.39 is 0 Å². The summed E-state index contributed by atoms with van der Waals surface area (Å²) in [4.78, 5) is 17.9. The zero-order valence-corrected chi connectivity index (χ0v) is 10.6. The fourth-order valence-electron chi connectivity index (χ4n) is 1.79. The van der Waals surface area contributed by atoms with Gasteiger partial charge in [0.25, 0.3) is 5.56 Å². The Morgan fingerprint density at radius 3 is 3.25 bits per heavy atom. The second-order valence-corrected chi connectivity index (χ2v) is 4.67. The summed E-state index contributed by atoms with van der Waals surface area (Å²) in [6, 6.07) is 0.146. The maximum Gasteiger partial charge on any atom is 0.267 e. The number of H-pyrrole nitrogens is 1. The van der Waals surface area contributed by atoms with E-state index in [0.29, 0.717) is 10.3 Å². The van der Waals surface area contributed by atoms with Crippen LogP contribution in [0.1, 0.15) is 19.8 Å². The van der Waals surface area contributed by atoms with Gasteiger partial charge in [-0.15, -0.1) is 0 Å². The van der Waals surface area contributed by atoms with Gasteiger partial charge >= 0.3 is 0 Å². The molecule has 0 saturated carbocycles. The molecule has 1 saturated heterocycles. The first-order valence-corrected chi connectivity index (χ1v) is 6.09. The Morgan fingerprint density at radius 2 is 2.56 bits per heavy atom. The van der Waals surface area contributed by atoms with Crippen molar-refractivity contribution in [1.29, 1.82) is 0 Å². The Kier molecular flexibility index (Phi) is 3.60. The first kappa shape index (κ1) is 11.6. The lowest BCUT2D eigenvalue weighted by atomic mass is 10.1. The Hall–Kier alpha value is -0.880. The molecule has 88 valence electrons. The molecule has 1 aliphatic rings. The molecular weight excluding hydrogens is 274 g/mol. The van der Waals surface area contributed by atoms with Gasteiger partial charge in [0.2, 0.25) is 0 Å². The third-order valence-electron chi connectivity index (χ3n) is 2.68. The topological polar surface area (TPSA) is 67.0 Å². The fraction of sp³-hybridized carbons (Fsp3) is 0.600. The summed E-state index contributed by atoms with van der Waals surface area (Å²) in [6.45, 7) is 2.85. The van der Waals surface area contributed by atoms with Gasteiger partial charge in [-0.25, -0.2) is 4.98 Å². The van der Waals surface area contributed by atoms with Gasteiger partial charge in [-0.05, 0) is 35.7 Å². The van der Waals surface area contributed by atoms with Crippen LogP contribution >= 0.6 is 15.9 Å². The number of nitrogens with one attached hydrogen (secondary N) is 2. The molecule has 2 heterocycles. The van der Waals surface area contributed by atoms with Crippen molar-refractivity contribution < 1.29 is 4.74 Å². The van der Waals surface area contributed by atoms with E-state index in [4.69, 9.17) is 4.74 Å². The van der Waals surface area contributed by atoms with E-state index in [0.717, 1.165) is 19.4 Å². The van der Waals surface area contributed by atoms with Gasteiger partial charge in [0, 0.05) is 6.61 Å². The second kappa shape index (κ2) is 4.97. The van der Waals surface area contributed by atoms with E-state index in [1.54, 1.807) is 0 Å². The van der Waals surface area contributed by atoms with Gasteiger partial charge in [-0.1, -0.05) is 0 Å². The molecule has 6 heteroatoms. The number of anilines is 1. The molecule has 5 nitrogen and oxygen atoms in total. The summed E-state index contributed by atoms with van der Waals surface area (Å²) in [5.74, 6) is 0.562. The molecule has 0 radical (unpaired) electrons. The average Bonchev–Trinajstić information content (AvgIpc) is 2.78. The van der Waals surface area contributed by atoms with Gasteiger partial charge in [-0.3, -0.25) is 4.79 Å². The van der Waals surface area contributed by atoms with Crippen LogP contribution in [0.15, 0.2) is 15.6 Å². The molecule has 16 heavy (non-hydrogen) atoms. The van der Waals surface area contributed by atoms with Gasteiger partial charge in [0.15, 0.2) is 0 Å². The normalized spacial score (nSPS) is 22.0. The first-order valence-electron chi connectivity index (χ1n) is 5.30. The summed E-state index contributed by atoms with van der Waals surface area (Å²) in [6.07, 6.45) is 3.74. The molecule has 2 atom stereocenters. The largest absolute Gasteiger partial charge is 0.376 e. The molecular formula is C10H14BrN3O2. The molecule has 2 rings (SSSR count). The first-order chi connectivity index (χ1) is 7.68. The standard InChI is InChI=1S/C10H14BrN3O2/c1-6(7-3-2-4-16-7)14-9-8(11)10(15)13-5-12-9/h5-7H,2-4H2,1H3,(H2,12,13,14,15). The van der Waals surface area contributed by atoms with Crippen molar-refractivity contribution in [2.45, 2.75) is 31.9 Å². The number of hydrogen-bond donors (Lipinski definition) is 2. The number of aromatic nitrogens is 2. The fourth-order valence-corrected chi connectivity index (χ4v) is 2.12. The Morgan fingerprint density at radius 1 is 1.75 bits per heavy atom. The lowest BCUT2D eigenvalue weighted by molar-refractivity contribution is 0.0995. The highest BCUT2D eigenvalue weighted by Crippen LogP contribution is 2.20. The summed E-state index contributed by atoms with van der Waals surface area (Å²) < 4.78 is 6.00. The van der Waals surface area contributed by atoms with E-state index in [1.165, 1.54) is 6.33 Å². The summed E-state index contributed by atoms with van der Waals surface area (Å²) in [7, 11) is 0. The zero-order valence-electron chi connectivity index (χ0n) is 9.00. The molecule has 2 N–H and O–H groups in total. The number of rotatable bonds is 3.